The zero-order valence-corrected chi connectivity index (χ0v) is 12.9. The number of likely N-dealkylation sites (N-methyl/N-ethyl adjacent to an activating group) is 1. The Morgan fingerprint density at radius 1 is 1.45 bits per heavy atom. The first kappa shape index (κ1) is 15.7. The second-order valence-electron chi connectivity index (χ2n) is 5.91. The van der Waals surface area contributed by atoms with Gasteiger partial charge in [-0.05, 0) is 32.2 Å². The van der Waals surface area contributed by atoms with Crippen LogP contribution in [0.1, 0.15) is 26.7 Å². The molecule has 116 valence electrons. The van der Waals surface area contributed by atoms with Crippen LogP contribution in [0.2, 0.25) is 0 Å². The van der Waals surface area contributed by atoms with Gasteiger partial charge in [-0.1, -0.05) is 6.92 Å². The van der Waals surface area contributed by atoms with Crippen molar-refractivity contribution in [2.24, 2.45) is 11.8 Å². The third kappa shape index (κ3) is 3.71. The second-order valence-corrected chi connectivity index (χ2v) is 5.91. The van der Waals surface area contributed by atoms with Gasteiger partial charge in [0.15, 0.2) is 0 Å². The number of hydrogen-bond donors (Lipinski definition) is 1. The molecule has 0 radical (unpaired) electrons. The normalized spacial score (nSPS) is 27.6. The molecule has 2 aliphatic rings. The summed E-state index contributed by atoms with van der Waals surface area (Å²) in [6.45, 7) is 7.56. The highest BCUT2D eigenvalue weighted by Gasteiger charge is 2.40. The van der Waals surface area contributed by atoms with E-state index in [9.17, 15) is 4.79 Å². The maximum absolute atomic E-state index is 12.9. The fraction of sp³-hybridized carbons (Fsp3) is 0.933. The van der Waals surface area contributed by atoms with Crippen LogP contribution >= 0.6 is 0 Å². The van der Waals surface area contributed by atoms with Crippen LogP contribution < -0.4 is 5.32 Å². The van der Waals surface area contributed by atoms with Crippen molar-refractivity contribution in [1.29, 1.82) is 0 Å². The Bertz CT molecular complexity index is 320. The lowest BCUT2D eigenvalue weighted by molar-refractivity contribution is -0.139. The third-order valence-electron chi connectivity index (χ3n) is 4.48. The zero-order valence-electron chi connectivity index (χ0n) is 12.9. The Morgan fingerprint density at radius 2 is 2.20 bits per heavy atom. The van der Waals surface area contributed by atoms with Crippen LogP contribution in [-0.2, 0) is 14.3 Å². The van der Waals surface area contributed by atoms with Gasteiger partial charge in [0.2, 0.25) is 5.91 Å². The van der Waals surface area contributed by atoms with E-state index in [2.05, 4.69) is 19.2 Å². The number of hydrogen-bond acceptors (Lipinski definition) is 4. The van der Waals surface area contributed by atoms with Gasteiger partial charge in [0.25, 0.3) is 0 Å². The van der Waals surface area contributed by atoms with Gasteiger partial charge < -0.3 is 19.7 Å². The highest BCUT2D eigenvalue weighted by molar-refractivity contribution is 5.80. The van der Waals surface area contributed by atoms with E-state index in [0.717, 1.165) is 6.54 Å². The molecule has 1 saturated carbocycles. The first-order valence-corrected chi connectivity index (χ1v) is 7.79. The average Bonchev–Trinajstić information content (AvgIpc) is 3.19. The lowest BCUT2D eigenvalue weighted by atomic mass is 10.00. The predicted molar refractivity (Wildman–Crippen MR) is 77.5 cm³/mol. The quantitative estimate of drug-likeness (QED) is 0.719. The molecule has 5 nitrogen and oxygen atoms in total. The number of methoxy groups -OCH3 is 1. The minimum absolute atomic E-state index is 0.0481. The zero-order chi connectivity index (χ0) is 14.5. The Morgan fingerprint density at radius 3 is 2.80 bits per heavy atom. The van der Waals surface area contributed by atoms with Crippen molar-refractivity contribution >= 4 is 5.91 Å². The Balaban J connectivity index is 2.00. The highest BCUT2D eigenvalue weighted by Crippen LogP contribution is 2.36. The largest absolute Gasteiger partial charge is 0.383 e. The minimum atomic E-state index is -0.0481. The number of nitrogens with zero attached hydrogens (tertiary/aromatic N) is 1. The molecule has 5 heteroatoms. The smallest absolute Gasteiger partial charge is 0.230 e. The van der Waals surface area contributed by atoms with Crippen LogP contribution in [0.15, 0.2) is 0 Å². The molecule has 1 saturated heterocycles. The van der Waals surface area contributed by atoms with Gasteiger partial charge in [-0.2, -0.15) is 0 Å². The summed E-state index contributed by atoms with van der Waals surface area (Å²) in [5.74, 6) is 0.855. The van der Waals surface area contributed by atoms with Crippen LogP contribution in [0.4, 0.5) is 0 Å². The molecule has 3 atom stereocenters. The minimum Gasteiger partial charge on any atom is -0.383 e. The number of nitrogens with one attached hydrogen (secondary N) is 1. The molecule has 2 rings (SSSR count). The summed E-state index contributed by atoms with van der Waals surface area (Å²) in [5.41, 5.74) is 0. The molecule has 0 spiro atoms. The molecule has 1 aliphatic carbocycles. The summed E-state index contributed by atoms with van der Waals surface area (Å²) in [4.78, 5) is 14.9. The average molecular weight is 284 g/mol. The topological polar surface area (TPSA) is 50.8 Å². The van der Waals surface area contributed by atoms with E-state index in [1.165, 1.54) is 12.8 Å². The van der Waals surface area contributed by atoms with Crippen molar-refractivity contribution in [3.63, 3.8) is 0 Å². The van der Waals surface area contributed by atoms with E-state index in [-0.39, 0.29) is 17.9 Å². The Hall–Kier alpha value is -0.650. The monoisotopic (exact) mass is 284 g/mol. The number of carbonyl (C=O) groups excluding carboxylic acids is 1. The van der Waals surface area contributed by atoms with Gasteiger partial charge >= 0.3 is 0 Å². The molecule has 1 amide bonds. The van der Waals surface area contributed by atoms with Gasteiger partial charge in [-0.25, -0.2) is 0 Å². The number of carbonyl (C=O) groups is 1. The molecule has 0 aromatic rings. The van der Waals surface area contributed by atoms with Crippen LogP contribution in [0.25, 0.3) is 0 Å². The van der Waals surface area contributed by atoms with Gasteiger partial charge in [0, 0.05) is 25.7 Å². The summed E-state index contributed by atoms with van der Waals surface area (Å²) < 4.78 is 10.7. The van der Waals surface area contributed by atoms with Crippen molar-refractivity contribution in [3.8, 4) is 0 Å². The van der Waals surface area contributed by atoms with E-state index in [1.807, 2.05) is 4.90 Å². The lowest BCUT2D eigenvalue weighted by Crippen LogP contribution is -2.50. The molecule has 1 aliphatic heterocycles. The summed E-state index contributed by atoms with van der Waals surface area (Å²) in [7, 11) is 1.69. The molecule has 1 heterocycles. The summed E-state index contributed by atoms with van der Waals surface area (Å²) in [6, 6.07) is 0.476. The lowest BCUT2D eigenvalue weighted by Gasteiger charge is -2.32. The molecular formula is C15H28N2O3. The first-order chi connectivity index (χ1) is 9.69. The molecule has 0 aromatic heterocycles. The SMILES string of the molecule is CCNC1COCC1C(=O)N(CCOC)C(C)C1CC1. The van der Waals surface area contributed by atoms with Crippen LogP contribution in [0.3, 0.4) is 0 Å². The van der Waals surface area contributed by atoms with Crippen LogP contribution in [0, 0.1) is 11.8 Å². The third-order valence-corrected chi connectivity index (χ3v) is 4.48. The predicted octanol–water partition coefficient (Wildman–Crippen LogP) is 0.884. The fourth-order valence-corrected chi connectivity index (χ4v) is 3.01. The number of ether oxygens (including phenoxy) is 2. The van der Waals surface area contributed by atoms with Gasteiger partial charge in [-0.3, -0.25) is 4.79 Å². The van der Waals surface area contributed by atoms with Gasteiger partial charge in [0.05, 0.1) is 25.7 Å². The van der Waals surface area contributed by atoms with E-state index in [4.69, 9.17) is 9.47 Å². The van der Waals surface area contributed by atoms with Crippen molar-refractivity contribution in [2.75, 3.05) is 40.0 Å². The maximum atomic E-state index is 12.9. The molecule has 2 fully saturated rings. The van der Waals surface area contributed by atoms with Crippen LogP contribution in [-0.4, -0.2) is 62.9 Å². The molecule has 0 aromatic carbocycles. The van der Waals surface area contributed by atoms with E-state index >= 15 is 0 Å². The molecule has 0 bridgehead atoms. The standard InChI is InChI=1S/C15H28N2O3/c1-4-16-14-10-20-9-13(14)15(18)17(7-8-19-3)11(2)12-5-6-12/h11-14,16H,4-10H2,1-3H3. The number of rotatable bonds is 8. The first-order valence-electron chi connectivity index (χ1n) is 7.79. The summed E-state index contributed by atoms with van der Waals surface area (Å²) >= 11 is 0. The molecule has 1 N–H and O–H groups in total. The van der Waals surface area contributed by atoms with E-state index < -0.39 is 0 Å². The van der Waals surface area contributed by atoms with Crippen LogP contribution in [0.5, 0.6) is 0 Å². The van der Waals surface area contributed by atoms with Crippen molar-refractivity contribution in [1.82, 2.24) is 10.2 Å². The Labute approximate surface area is 122 Å². The summed E-state index contributed by atoms with van der Waals surface area (Å²) in [5, 5.41) is 3.37. The summed E-state index contributed by atoms with van der Waals surface area (Å²) in [6.07, 6.45) is 2.49. The van der Waals surface area contributed by atoms with E-state index in [0.29, 0.717) is 38.3 Å². The van der Waals surface area contributed by atoms with E-state index in [1.54, 1.807) is 7.11 Å². The number of amides is 1. The molecule has 3 unspecified atom stereocenters. The van der Waals surface area contributed by atoms with Gasteiger partial charge in [-0.15, -0.1) is 0 Å². The van der Waals surface area contributed by atoms with Crippen molar-refractivity contribution in [2.45, 2.75) is 38.8 Å². The molecule has 20 heavy (non-hydrogen) atoms. The second kappa shape index (κ2) is 7.38. The highest BCUT2D eigenvalue weighted by atomic mass is 16.5. The maximum Gasteiger partial charge on any atom is 0.230 e. The van der Waals surface area contributed by atoms with Crippen molar-refractivity contribution < 1.29 is 14.3 Å². The fourth-order valence-electron chi connectivity index (χ4n) is 3.01. The Kier molecular flexibility index (Phi) is 5.81. The molecular weight excluding hydrogens is 256 g/mol. The van der Waals surface area contributed by atoms with Gasteiger partial charge in [0.1, 0.15) is 0 Å². The van der Waals surface area contributed by atoms with Crippen molar-refractivity contribution in [3.05, 3.63) is 0 Å².